The lowest BCUT2D eigenvalue weighted by Gasteiger charge is -2.28. The third-order valence-corrected chi connectivity index (χ3v) is 12.1. The summed E-state index contributed by atoms with van der Waals surface area (Å²) in [5.41, 5.74) is 17.1. The zero-order chi connectivity index (χ0) is 38.1. The van der Waals surface area contributed by atoms with E-state index < -0.39 is 0 Å². The predicted octanol–water partition coefficient (Wildman–Crippen LogP) is 15.0. The fraction of sp³-hybridized carbons (Fsp3) is 0.0545. The Kier molecular flexibility index (Phi) is 7.55. The third kappa shape index (κ3) is 5.25. The predicted molar refractivity (Wildman–Crippen MR) is 241 cm³/mol. The molecule has 0 fully saturated rings. The summed E-state index contributed by atoms with van der Waals surface area (Å²) in [6, 6.07) is 75.7. The number of aromatic nitrogens is 1. The first-order valence-electron chi connectivity index (χ1n) is 19.9. The van der Waals surface area contributed by atoms with Crippen molar-refractivity contribution in [3.05, 3.63) is 217 Å². The van der Waals surface area contributed by atoms with Crippen molar-refractivity contribution in [1.29, 1.82) is 0 Å². The molecule has 1 aromatic heterocycles. The Hall–Kier alpha value is -7.16. The van der Waals surface area contributed by atoms with Crippen molar-refractivity contribution >= 4 is 49.6 Å². The third-order valence-electron chi connectivity index (χ3n) is 12.1. The van der Waals surface area contributed by atoms with E-state index >= 15 is 0 Å². The van der Waals surface area contributed by atoms with Gasteiger partial charge in [-0.3, -0.25) is 0 Å². The van der Waals surface area contributed by atoms with Gasteiger partial charge in [-0.1, -0.05) is 153 Å². The summed E-state index contributed by atoms with van der Waals surface area (Å²) in [5.74, 6) is 0. The zero-order valence-corrected chi connectivity index (χ0v) is 32.0. The molecule has 2 nitrogen and oxygen atoms in total. The van der Waals surface area contributed by atoms with E-state index in [1.54, 1.807) is 0 Å². The number of benzene rings is 9. The molecule has 0 saturated carbocycles. The lowest BCUT2D eigenvalue weighted by atomic mass is 9.82. The van der Waals surface area contributed by atoms with Crippen molar-refractivity contribution in [3.8, 4) is 39.1 Å². The quantitative estimate of drug-likeness (QED) is 0.165. The second-order valence-corrected chi connectivity index (χ2v) is 15.8. The van der Waals surface area contributed by atoms with Crippen LogP contribution in [0.4, 0.5) is 17.1 Å². The van der Waals surface area contributed by atoms with E-state index in [0.717, 1.165) is 22.7 Å². The Labute approximate surface area is 333 Å². The van der Waals surface area contributed by atoms with Gasteiger partial charge in [0.05, 0.1) is 11.0 Å². The van der Waals surface area contributed by atoms with Gasteiger partial charge in [-0.15, -0.1) is 0 Å². The summed E-state index contributed by atoms with van der Waals surface area (Å²) in [4.78, 5) is 2.43. The summed E-state index contributed by atoms with van der Waals surface area (Å²) < 4.78 is 2.48. The average molecular weight is 729 g/mol. The van der Waals surface area contributed by atoms with Gasteiger partial charge in [0.1, 0.15) is 0 Å². The van der Waals surface area contributed by atoms with Crippen LogP contribution in [-0.4, -0.2) is 4.57 Å². The van der Waals surface area contributed by atoms with Crippen molar-refractivity contribution in [2.24, 2.45) is 0 Å². The summed E-state index contributed by atoms with van der Waals surface area (Å²) in [6.07, 6.45) is 0. The van der Waals surface area contributed by atoms with E-state index in [1.807, 2.05) is 0 Å². The second kappa shape index (κ2) is 13.0. The highest BCUT2D eigenvalue weighted by atomic mass is 15.1. The number of para-hydroxylation sites is 2. The molecule has 0 atom stereocenters. The van der Waals surface area contributed by atoms with Crippen molar-refractivity contribution in [1.82, 2.24) is 4.57 Å². The van der Waals surface area contributed by atoms with Gasteiger partial charge >= 0.3 is 0 Å². The fourth-order valence-electron chi connectivity index (χ4n) is 9.44. The first kappa shape index (κ1) is 33.2. The van der Waals surface area contributed by atoms with E-state index in [0.29, 0.717) is 0 Å². The number of nitrogens with zero attached hydrogens (tertiary/aromatic N) is 2. The van der Waals surface area contributed by atoms with Crippen LogP contribution in [0, 0.1) is 0 Å². The Balaban J connectivity index is 1.21. The molecule has 1 aliphatic carbocycles. The first-order valence-corrected chi connectivity index (χ1v) is 19.9. The Bertz CT molecular complexity index is 3140. The Morgan fingerprint density at radius 3 is 1.86 bits per heavy atom. The van der Waals surface area contributed by atoms with Crippen LogP contribution in [-0.2, 0) is 5.41 Å². The highest BCUT2D eigenvalue weighted by molar-refractivity contribution is 6.24. The Morgan fingerprint density at radius 2 is 1.04 bits per heavy atom. The van der Waals surface area contributed by atoms with Crippen LogP contribution in [0.1, 0.15) is 25.0 Å². The summed E-state index contributed by atoms with van der Waals surface area (Å²) in [5, 5.41) is 4.92. The maximum atomic E-state index is 2.48. The van der Waals surface area contributed by atoms with Crippen LogP contribution in [0.3, 0.4) is 0 Å². The van der Waals surface area contributed by atoms with Crippen molar-refractivity contribution in [3.63, 3.8) is 0 Å². The number of fused-ring (bicyclic) bond motifs is 8. The second-order valence-electron chi connectivity index (χ2n) is 15.8. The lowest BCUT2D eigenvalue weighted by Crippen LogP contribution is -2.16. The SMILES string of the molecule is CC1(C)c2ccccc2-c2ccc(N(c3ccccc3)c3ccc4c(c3)c3c(-c5cccc(-c6ccccc6)c5)cc5ccccc5c3n4-c3ccccc3)cc21. The molecule has 9 aromatic carbocycles. The zero-order valence-electron chi connectivity index (χ0n) is 32.0. The first-order chi connectivity index (χ1) is 28.0. The molecule has 270 valence electrons. The standard InChI is InChI=1S/C55H40N2/c1-55(2)50-28-15-14-27-46(50)47-31-29-44(36-51(47)55)56(41-22-8-4-9-23-41)43-30-32-52-49(35-43)53-48(39-21-16-20-38(33-39)37-17-6-3-7-18-37)34-40-19-12-13-26-45(40)54(53)57(52)42-24-10-5-11-25-42/h3-36H,1-2H3. The van der Waals surface area contributed by atoms with Crippen molar-refractivity contribution in [2.75, 3.05) is 4.90 Å². The highest BCUT2D eigenvalue weighted by Gasteiger charge is 2.35. The van der Waals surface area contributed by atoms with Crippen LogP contribution in [0.25, 0.3) is 71.6 Å². The summed E-state index contributed by atoms with van der Waals surface area (Å²) in [7, 11) is 0. The highest BCUT2D eigenvalue weighted by Crippen LogP contribution is 2.51. The smallest absolute Gasteiger partial charge is 0.0625 e. The van der Waals surface area contributed by atoms with Gasteiger partial charge < -0.3 is 9.47 Å². The molecular weight excluding hydrogens is 689 g/mol. The summed E-state index contributed by atoms with van der Waals surface area (Å²) in [6.45, 7) is 4.72. The van der Waals surface area contributed by atoms with Crippen molar-refractivity contribution < 1.29 is 0 Å². The molecule has 0 unspecified atom stereocenters. The lowest BCUT2D eigenvalue weighted by molar-refractivity contribution is 0.660. The molecule has 1 heterocycles. The molecule has 0 amide bonds. The molecule has 0 radical (unpaired) electrons. The topological polar surface area (TPSA) is 8.17 Å². The van der Waals surface area contributed by atoms with E-state index in [2.05, 4.69) is 230 Å². The molecule has 57 heavy (non-hydrogen) atoms. The van der Waals surface area contributed by atoms with Gasteiger partial charge in [-0.2, -0.15) is 0 Å². The normalized spacial score (nSPS) is 12.9. The minimum atomic E-state index is -0.110. The minimum absolute atomic E-state index is 0.110. The largest absolute Gasteiger partial charge is 0.310 e. The van der Waals surface area contributed by atoms with Gasteiger partial charge in [0, 0.05) is 44.3 Å². The average Bonchev–Trinajstić information content (AvgIpc) is 3.73. The van der Waals surface area contributed by atoms with Crippen LogP contribution in [0.5, 0.6) is 0 Å². The molecule has 0 bridgehead atoms. The van der Waals surface area contributed by atoms with E-state index in [-0.39, 0.29) is 5.41 Å². The molecule has 10 aromatic rings. The van der Waals surface area contributed by atoms with E-state index in [4.69, 9.17) is 0 Å². The van der Waals surface area contributed by atoms with Crippen LogP contribution < -0.4 is 4.90 Å². The fourth-order valence-corrected chi connectivity index (χ4v) is 9.44. The van der Waals surface area contributed by atoms with Gasteiger partial charge in [0.25, 0.3) is 0 Å². The van der Waals surface area contributed by atoms with Crippen LogP contribution >= 0.6 is 0 Å². The van der Waals surface area contributed by atoms with Crippen LogP contribution in [0.15, 0.2) is 206 Å². The number of rotatable bonds is 6. The van der Waals surface area contributed by atoms with Crippen LogP contribution in [0.2, 0.25) is 0 Å². The molecule has 11 rings (SSSR count). The molecule has 1 aliphatic rings. The molecular formula is C55H40N2. The van der Waals surface area contributed by atoms with Gasteiger partial charge in [0.2, 0.25) is 0 Å². The number of hydrogen-bond acceptors (Lipinski definition) is 1. The van der Waals surface area contributed by atoms with E-state index in [9.17, 15) is 0 Å². The van der Waals surface area contributed by atoms with Crippen molar-refractivity contribution in [2.45, 2.75) is 19.3 Å². The van der Waals surface area contributed by atoms with Gasteiger partial charge in [-0.25, -0.2) is 0 Å². The number of anilines is 3. The Morgan fingerprint density at radius 1 is 0.404 bits per heavy atom. The monoisotopic (exact) mass is 728 g/mol. The molecule has 0 N–H and O–H groups in total. The maximum Gasteiger partial charge on any atom is 0.0625 e. The number of hydrogen-bond donors (Lipinski definition) is 0. The molecule has 2 heteroatoms. The molecule has 0 saturated heterocycles. The molecule has 0 spiro atoms. The minimum Gasteiger partial charge on any atom is -0.310 e. The maximum absolute atomic E-state index is 2.48. The van der Waals surface area contributed by atoms with Gasteiger partial charge in [0.15, 0.2) is 0 Å². The molecule has 0 aliphatic heterocycles. The summed E-state index contributed by atoms with van der Waals surface area (Å²) >= 11 is 0. The van der Waals surface area contributed by atoms with E-state index in [1.165, 1.54) is 77.1 Å². The van der Waals surface area contributed by atoms with Gasteiger partial charge in [-0.05, 0) is 117 Å².